The first-order valence-corrected chi connectivity index (χ1v) is 4.59. The normalized spacial score (nSPS) is 11.0. The molecule has 0 aliphatic heterocycles. The molecule has 3 N–H and O–H groups in total. The number of aromatic nitrogens is 2. The fourth-order valence-electron chi connectivity index (χ4n) is 1.60. The summed E-state index contributed by atoms with van der Waals surface area (Å²) in [6.07, 6.45) is 0. The number of nitrogens with two attached hydrogens (primary N) is 1. The lowest BCUT2D eigenvalue weighted by Crippen LogP contribution is -2.11. The second-order valence-electron chi connectivity index (χ2n) is 3.27. The van der Waals surface area contributed by atoms with Gasteiger partial charge in [-0.2, -0.15) is 5.10 Å². The van der Waals surface area contributed by atoms with Crippen LogP contribution in [0, 0.1) is 6.92 Å². The third kappa shape index (κ3) is 1.24. The summed E-state index contributed by atoms with van der Waals surface area (Å²) >= 11 is 0. The first-order chi connectivity index (χ1) is 6.74. The molecule has 0 saturated heterocycles. The third-order valence-corrected chi connectivity index (χ3v) is 2.35. The molecule has 1 aromatic heterocycles. The van der Waals surface area contributed by atoms with E-state index in [2.05, 4.69) is 5.10 Å². The number of aryl methyl sites for hydroxylation is 1. The summed E-state index contributed by atoms with van der Waals surface area (Å²) in [5.74, 6) is 0.223. The van der Waals surface area contributed by atoms with Crippen LogP contribution in [0.5, 0.6) is 5.75 Å². The van der Waals surface area contributed by atoms with Crippen LogP contribution in [0.25, 0.3) is 10.9 Å². The van der Waals surface area contributed by atoms with Crippen LogP contribution in [0.3, 0.4) is 0 Å². The maximum absolute atomic E-state index is 9.57. The molecule has 0 amide bonds. The summed E-state index contributed by atoms with van der Waals surface area (Å²) in [5.41, 5.74) is 7.16. The molecule has 0 bridgehead atoms. The van der Waals surface area contributed by atoms with Crippen LogP contribution in [0.2, 0.25) is 0 Å². The average Bonchev–Trinajstić information content (AvgIpc) is 2.48. The Kier molecular flexibility index (Phi) is 2.13. The zero-order valence-electron chi connectivity index (χ0n) is 8.07. The van der Waals surface area contributed by atoms with Crippen molar-refractivity contribution in [3.05, 3.63) is 23.9 Å². The molecular formula is C10H13N3O. The number of hydrogen-bond acceptors (Lipinski definition) is 3. The number of aromatic hydroxyl groups is 1. The molecule has 1 aromatic carbocycles. The molecule has 0 aliphatic rings. The van der Waals surface area contributed by atoms with Gasteiger partial charge in [-0.3, -0.25) is 4.68 Å². The van der Waals surface area contributed by atoms with Crippen LogP contribution in [-0.2, 0) is 6.54 Å². The van der Waals surface area contributed by atoms with Gasteiger partial charge in [0.2, 0.25) is 0 Å². The second kappa shape index (κ2) is 3.31. The van der Waals surface area contributed by atoms with Crippen molar-refractivity contribution < 1.29 is 5.11 Å². The van der Waals surface area contributed by atoms with E-state index in [-0.39, 0.29) is 5.75 Å². The maximum atomic E-state index is 9.57. The smallest absolute Gasteiger partial charge is 0.143 e. The van der Waals surface area contributed by atoms with Crippen LogP contribution in [-0.4, -0.2) is 21.4 Å². The Hall–Kier alpha value is -1.55. The molecule has 0 atom stereocenters. The summed E-state index contributed by atoms with van der Waals surface area (Å²) in [7, 11) is 0. The minimum Gasteiger partial charge on any atom is -0.506 e. The van der Waals surface area contributed by atoms with E-state index in [1.165, 1.54) is 0 Å². The van der Waals surface area contributed by atoms with Crippen molar-refractivity contribution in [1.82, 2.24) is 9.78 Å². The van der Waals surface area contributed by atoms with Gasteiger partial charge in [-0.25, -0.2) is 0 Å². The third-order valence-electron chi connectivity index (χ3n) is 2.35. The van der Waals surface area contributed by atoms with E-state index < -0.39 is 0 Å². The van der Waals surface area contributed by atoms with Crippen LogP contribution in [0.1, 0.15) is 5.69 Å². The molecule has 0 saturated carbocycles. The van der Waals surface area contributed by atoms with Crippen molar-refractivity contribution in [2.45, 2.75) is 13.5 Å². The van der Waals surface area contributed by atoms with Gasteiger partial charge in [0.25, 0.3) is 0 Å². The number of phenols is 1. The summed E-state index contributed by atoms with van der Waals surface area (Å²) in [5, 5.41) is 14.8. The van der Waals surface area contributed by atoms with E-state index in [9.17, 15) is 5.11 Å². The minimum absolute atomic E-state index is 0.223. The topological polar surface area (TPSA) is 64.1 Å². The zero-order chi connectivity index (χ0) is 10.1. The fourth-order valence-corrected chi connectivity index (χ4v) is 1.60. The zero-order valence-corrected chi connectivity index (χ0v) is 8.07. The highest BCUT2D eigenvalue weighted by Crippen LogP contribution is 2.25. The van der Waals surface area contributed by atoms with Crippen molar-refractivity contribution >= 4 is 10.9 Å². The molecule has 0 radical (unpaired) electrons. The number of phenolic OH excluding ortho intramolecular Hbond substituents is 1. The van der Waals surface area contributed by atoms with Crippen molar-refractivity contribution in [1.29, 1.82) is 0 Å². The number of nitrogens with zero attached hydrogens (tertiary/aromatic N) is 2. The SMILES string of the molecule is Cc1c2cccc(O)c2nn1CCN. The second-order valence-corrected chi connectivity index (χ2v) is 3.27. The summed E-state index contributed by atoms with van der Waals surface area (Å²) in [6, 6.07) is 5.41. The highest BCUT2D eigenvalue weighted by atomic mass is 16.3. The predicted octanol–water partition coefficient (Wildman–Crippen LogP) is 1.01. The molecule has 0 spiro atoms. The van der Waals surface area contributed by atoms with Crippen LogP contribution in [0.15, 0.2) is 18.2 Å². The Morgan fingerprint density at radius 1 is 1.50 bits per heavy atom. The van der Waals surface area contributed by atoms with Gasteiger partial charge in [0, 0.05) is 17.6 Å². The molecule has 14 heavy (non-hydrogen) atoms. The van der Waals surface area contributed by atoms with Crippen molar-refractivity contribution in [3.63, 3.8) is 0 Å². The van der Waals surface area contributed by atoms with E-state index >= 15 is 0 Å². The van der Waals surface area contributed by atoms with Crippen molar-refractivity contribution in [2.75, 3.05) is 6.54 Å². The molecule has 4 nitrogen and oxygen atoms in total. The fraction of sp³-hybridized carbons (Fsp3) is 0.300. The maximum Gasteiger partial charge on any atom is 0.143 e. The van der Waals surface area contributed by atoms with E-state index in [0.29, 0.717) is 18.6 Å². The number of fused-ring (bicyclic) bond motifs is 1. The Bertz CT molecular complexity index is 462. The van der Waals surface area contributed by atoms with Gasteiger partial charge >= 0.3 is 0 Å². The van der Waals surface area contributed by atoms with E-state index in [1.54, 1.807) is 6.07 Å². The summed E-state index contributed by atoms with van der Waals surface area (Å²) in [4.78, 5) is 0. The summed E-state index contributed by atoms with van der Waals surface area (Å²) < 4.78 is 1.82. The number of benzene rings is 1. The highest BCUT2D eigenvalue weighted by Gasteiger charge is 2.08. The van der Waals surface area contributed by atoms with Crippen LogP contribution in [0.4, 0.5) is 0 Å². The molecule has 0 unspecified atom stereocenters. The lowest BCUT2D eigenvalue weighted by atomic mass is 10.2. The van der Waals surface area contributed by atoms with Crippen molar-refractivity contribution in [2.24, 2.45) is 5.73 Å². The quantitative estimate of drug-likeness (QED) is 0.744. The first kappa shape index (κ1) is 9.02. The minimum atomic E-state index is 0.223. The van der Waals surface area contributed by atoms with Crippen molar-refractivity contribution in [3.8, 4) is 5.75 Å². The molecule has 0 fully saturated rings. The molecule has 0 aliphatic carbocycles. The predicted molar refractivity (Wildman–Crippen MR) is 55.2 cm³/mol. The first-order valence-electron chi connectivity index (χ1n) is 4.59. The standard InChI is InChI=1S/C10H13N3O/c1-7-8-3-2-4-9(14)10(8)12-13(7)6-5-11/h2-4,14H,5-6,11H2,1H3. The average molecular weight is 191 g/mol. The monoisotopic (exact) mass is 191 g/mol. The van der Waals surface area contributed by atoms with Gasteiger partial charge in [-0.15, -0.1) is 0 Å². The van der Waals surface area contributed by atoms with Gasteiger partial charge in [0.15, 0.2) is 0 Å². The Balaban J connectivity index is 2.67. The highest BCUT2D eigenvalue weighted by molar-refractivity contribution is 5.86. The van der Waals surface area contributed by atoms with Crippen LogP contribution < -0.4 is 5.73 Å². The van der Waals surface area contributed by atoms with Gasteiger partial charge in [-0.1, -0.05) is 12.1 Å². The lowest BCUT2D eigenvalue weighted by Gasteiger charge is -1.99. The largest absolute Gasteiger partial charge is 0.506 e. The number of hydrogen-bond donors (Lipinski definition) is 2. The lowest BCUT2D eigenvalue weighted by molar-refractivity contribution is 0.479. The van der Waals surface area contributed by atoms with E-state index in [1.807, 2.05) is 23.7 Å². The van der Waals surface area contributed by atoms with Gasteiger partial charge in [0.1, 0.15) is 11.3 Å². The molecular weight excluding hydrogens is 178 g/mol. The molecule has 2 aromatic rings. The number of rotatable bonds is 2. The van der Waals surface area contributed by atoms with Gasteiger partial charge in [0.05, 0.1) is 6.54 Å². The Labute approximate surface area is 81.9 Å². The van der Waals surface area contributed by atoms with Gasteiger partial charge < -0.3 is 10.8 Å². The Morgan fingerprint density at radius 3 is 2.93 bits per heavy atom. The molecule has 2 rings (SSSR count). The van der Waals surface area contributed by atoms with Gasteiger partial charge in [-0.05, 0) is 13.0 Å². The van der Waals surface area contributed by atoms with E-state index in [4.69, 9.17) is 5.73 Å². The molecule has 4 heteroatoms. The summed E-state index contributed by atoms with van der Waals surface area (Å²) in [6.45, 7) is 3.21. The van der Waals surface area contributed by atoms with E-state index in [0.717, 1.165) is 11.1 Å². The molecule has 1 heterocycles. The molecule has 74 valence electrons. The Morgan fingerprint density at radius 2 is 2.29 bits per heavy atom. The van der Waals surface area contributed by atoms with Crippen LogP contribution >= 0.6 is 0 Å².